The fraction of sp³-hybridized carbons (Fsp3) is 0.742. The first kappa shape index (κ1) is 24.8. The van der Waals surface area contributed by atoms with Crippen molar-refractivity contribution in [1.82, 2.24) is 9.97 Å². The Morgan fingerprint density at radius 3 is 2.64 bits per heavy atom. The van der Waals surface area contributed by atoms with Crippen molar-refractivity contribution >= 4 is 10.9 Å². The Bertz CT molecular complexity index is 1110. The summed E-state index contributed by atoms with van der Waals surface area (Å²) in [7, 11) is 0. The molecule has 6 rings (SSSR count). The van der Waals surface area contributed by atoms with Crippen LogP contribution in [0, 0.1) is 46.3 Å². The topological polar surface area (TPSA) is 86.5 Å². The molecule has 0 amide bonds. The summed E-state index contributed by atoms with van der Waals surface area (Å²) in [5.41, 5.74) is 0.983. The third-order valence-electron chi connectivity index (χ3n) is 11.9. The van der Waals surface area contributed by atoms with Gasteiger partial charge in [0.15, 0.2) is 0 Å². The highest BCUT2D eigenvalue weighted by Gasteiger charge is 2.65. The molecule has 0 unspecified atom stereocenters. The molecule has 4 saturated carbocycles. The summed E-state index contributed by atoms with van der Waals surface area (Å²) in [5.74, 6) is 3.19. The second-order valence-electron chi connectivity index (χ2n) is 13.4. The Hall–Kier alpha value is -1.56. The SMILES string of the molecule is C[C@H](CCc1ncc2ccccc2n1)[C@H]1CC[C@H]2[C@@H]3[C@H](O)C[C@@H]4C[C@H](O)CC[C@]4(C)[C@H]3C[C@H](O)[C@]12C. The molecule has 4 fully saturated rings. The lowest BCUT2D eigenvalue weighted by molar-refractivity contribution is -0.207. The number of nitrogens with zero attached hydrogens (tertiary/aromatic N) is 2. The van der Waals surface area contributed by atoms with E-state index in [1.807, 2.05) is 18.3 Å². The van der Waals surface area contributed by atoms with Gasteiger partial charge in [0, 0.05) is 18.0 Å². The molecular weight excluding hydrogens is 448 g/mol. The van der Waals surface area contributed by atoms with Crippen LogP contribution in [0.4, 0.5) is 0 Å². The smallest absolute Gasteiger partial charge is 0.128 e. The number of fused-ring (bicyclic) bond motifs is 6. The quantitative estimate of drug-likeness (QED) is 0.549. The van der Waals surface area contributed by atoms with Crippen LogP contribution < -0.4 is 0 Å². The van der Waals surface area contributed by atoms with E-state index in [-0.39, 0.29) is 35.1 Å². The van der Waals surface area contributed by atoms with Crippen LogP contribution in [0.1, 0.15) is 78.0 Å². The maximum absolute atomic E-state index is 11.8. The van der Waals surface area contributed by atoms with Gasteiger partial charge in [-0.2, -0.15) is 0 Å². The lowest BCUT2D eigenvalue weighted by Crippen LogP contribution is -2.62. The molecule has 5 nitrogen and oxygen atoms in total. The highest BCUT2D eigenvalue weighted by Crippen LogP contribution is 2.68. The van der Waals surface area contributed by atoms with Crippen LogP contribution in [0.15, 0.2) is 30.5 Å². The molecule has 1 aromatic carbocycles. The summed E-state index contributed by atoms with van der Waals surface area (Å²) in [5, 5.41) is 34.7. The number of aryl methyl sites for hydroxylation is 1. The zero-order valence-corrected chi connectivity index (χ0v) is 22.2. The molecule has 1 heterocycles. The molecular formula is C31H44N2O3. The van der Waals surface area contributed by atoms with E-state index >= 15 is 0 Å². The molecule has 0 saturated heterocycles. The van der Waals surface area contributed by atoms with Crippen molar-refractivity contribution in [2.24, 2.45) is 46.3 Å². The van der Waals surface area contributed by atoms with E-state index in [4.69, 9.17) is 4.98 Å². The standard InChI is InChI=1S/C31H44N2O3/c1-18(8-11-28-32-17-19-6-4-5-7-25(19)33-28)22-9-10-23-29-24(16-27(36)31(22,23)3)30(2)13-12-21(34)14-20(30)15-26(29)35/h4-7,17-18,20-24,26-27,29,34-36H,8-16H2,1-3H3/t18-,20+,21-,22-,23+,24+,26-,27+,29+,30+,31-/m1/s1. The van der Waals surface area contributed by atoms with Crippen molar-refractivity contribution in [2.75, 3.05) is 0 Å². The predicted octanol–water partition coefficient (Wildman–Crippen LogP) is 5.16. The van der Waals surface area contributed by atoms with E-state index in [0.29, 0.717) is 29.6 Å². The number of aliphatic hydroxyl groups is 3. The molecule has 0 bridgehead atoms. The van der Waals surface area contributed by atoms with Gasteiger partial charge >= 0.3 is 0 Å². The average Bonchev–Trinajstić information content (AvgIpc) is 3.22. The summed E-state index contributed by atoms with van der Waals surface area (Å²) in [6, 6.07) is 8.15. The number of aromatic nitrogens is 2. The number of para-hydroxylation sites is 1. The van der Waals surface area contributed by atoms with Crippen LogP contribution in [-0.2, 0) is 6.42 Å². The van der Waals surface area contributed by atoms with Crippen LogP contribution in [0.5, 0.6) is 0 Å². The first-order chi connectivity index (χ1) is 17.2. The Morgan fingerprint density at radius 2 is 1.81 bits per heavy atom. The van der Waals surface area contributed by atoms with E-state index in [2.05, 4.69) is 37.9 Å². The molecule has 4 aliphatic rings. The highest BCUT2D eigenvalue weighted by atomic mass is 16.3. The fourth-order valence-electron chi connectivity index (χ4n) is 9.82. The lowest BCUT2D eigenvalue weighted by Gasteiger charge is -2.63. The number of rotatable bonds is 4. The third-order valence-corrected chi connectivity index (χ3v) is 11.9. The Kier molecular flexibility index (Phi) is 6.21. The monoisotopic (exact) mass is 492 g/mol. The average molecular weight is 493 g/mol. The minimum absolute atomic E-state index is 0.128. The largest absolute Gasteiger partial charge is 0.393 e. The van der Waals surface area contributed by atoms with Gasteiger partial charge in [0.1, 0.15) is 5.82 Å². The van der Waals surface area contributed by atoms with Gasteiger partial charge in [-0.15, -0.1) is 0 Å². The number of hydrogen-bond donors (Lipinski definition) is 3. The van der Waals surface area contributed by atoms with E-state index in [0.717, 1.165) is 74.5 Å². The maximum Gasteiger partial charge on any atom is 0.128 e. The molecule has 5 heteroatoms. The predicted molar refractivity (Wildman–Crippen MR) is 141 cm³/mol. The van der Waals surface area contributed by atoms with Gasteiger partial charge in [0.25, 0.3) is 0 Å². The van der Waals surface area contributed by atoms with Crippen molar-refractivity contribution in [3.05, 3.63) is 36.3 Å². The van der Waals surface area contributed by atoms with Gasteiger partial charge in [0.2, 0.25) is 0 Å². The normalized spacial score (nSPS) is 45.1. The Balaban J connectivity index is 1.20. The molecule has 2 aromatic rings. The van der Waals surface area contributed by atoms with Crippen molar-refractivity contribution in [2.45, 2.75) is 96.9 Å². The number of aliphatic hydroxyl groups excluding tert-OH is 3. The Labute approximate surface area is 215 Å². The van der Waals surface area contributed by atoms with E-state index in [1.165, 1.54) is 0 Å². The Morgan fingerprint density at radius 1 is 1.00 bits per heavy atom. The minimum atomic E-state index is -0.328. The van der Waals surface area contributed by atoms with Crippen LogP contribution in [0.3, 0.4) is 0 Å². The number of benzene rings is 1. The number of hydrogen-bond acceptors (Lipinski definition) is 5. The summed E-state index contributed by atoms with van der Waals surface area (Å²) in [6.45, 7) is 7.10. The highest BCUT2D eigenvalue weighted by molar-refractivity contribution is 5.77. The van der Waals surface area contributed by atoms with E-state index in [1.54, 1.807) is 0 Å². The molecule has 196 valence electrons. The summed E-state index contributed by atoms with van der Waals surface area (Å²) in [4.78, 5) is 9.41. The van der Waals surface area contributed by atoms with Crippen molar-refractivity contribution in [1.29, 1.82) is 0 Å². The van der Waals surface area contributed by atoms with E-state index in [9.17, 15) is 15.3 Å². The molecule has 0 radical (unpaired) electrons. The maximum atomic E-state index is 11.8. The van der Waals surface area contributed by atoms with Crippen molar-refractivity contribution in [3.63, 3.8) is 0 Å². The molecule has 4 aliphatic carbocycles. The molecule has 11 atom stereocenters. The van der Waals surface area contributed by atoms with E-state index < -0.39 is 0 Å². The van der Waals surface area contributed by atoms with Gasteiger partial charge in [-0.3, -0.25) is 0 Å². The molecule has 0 spiro atoms. The van der Waals surface area contributed by atoms with Crippen LogP contribution >= 0.6 is 0 Å². The molecule has 0 aliphatic heterocycles. The van der Waals surface area contributed by atoms with Gasteiger partial charge in [-0.1, -0.05) is 39.0 Å². The molecule has 1 aromatic heterocycles. The van der Waals surface area contributed by atoms with Crippen molar-refractivity contribution < 1.29 is 15.3 Å². The second kappa shape index (κ2) is 9.03. The summed E-state index contributed by atoms with van der Waals surface area (Å²) >= 11 is 0. The zero-order chi connectivity index (χ0) is 25.2. The lowest BCUT2D eigenvalue weighted by atomic mass is 9.43. The summed E-state index contributed by atoms with van der Waals surface area (Å²) < 4.78 is 0. The zero-order valence-electron chi connectivity index (χ0n) is 22.2. The van der Waals surface area contributed by atoms with Crippen LogP contribution in [-0.4, -0.2) is 43.6 Å². The summed E-state index contributed by atoms with van der Waals surface area (Å²) in [6.07, 6.45) is 9.50. The first-order valence-electron chi connectivity index (χ1n) is 14.5. The molecule has 3 N–H and O–H groups in total. The van der Waals surface area contributed by atoms with Gasteiger partial charge < -0.3 is 15.3 Å². The second-order valence-corrected chi connectivity index (χ2v) is 13.4. The minimum Gasteiger partial charge on any atom is -0.393 e. The third kappa shape index (κ3) is 3.75. The van der Waals surface area contributed by atoms with Crippen LogP contribution in [0.25, 0.3) is 10.9 Å². The van der Waals surface area contributed by atoms with Gasteiger partial charge in [-0.25, -0.2) is 9.97 Å². The first-order valence-corrected chi connectivity index (χ1v) is 14.5. The molecule has 36 heavy (non-hydrogen) atoms. The van der Waals surface area contributed by atoms with Gasteiger partial charge in [0.05, 0.1) is 23.8 Å². The van der Waals surface area contributed by atoms with Crippen molar-refractivity contribution in [3.8, 4) is 0 Å². The van der Waals surface area contributed by atoms with Crippen LogP contribution in [0.2, 0.25) is 0 Å². The van der Waals surface area contributed by atoms with Gasteiger partial charge in [-0.05, 0) is 104 Å². The fourth-order valence-corrected chi connectivity index (χ4v) is 9.82.